The molecule has 0 saturated carbocycles. The van der Waals surface area contributed by atoms with Crippen molar-refractivity contribution in [2.75, 3.05) is 20.1 Å². The van der Waals surface area contributed by atoms with Crippen LogP contribution in [-0.4, -0.2) is 45.6 Å². The third-order valence-corrected chi connectivity index (χ3v) is 5.02. The first-order chi connectivity index (χ1) is 13.2. The zero-order valence-electron chi connectivity index (χ0n) is 15.3. The van der Waals surface area contributed by atoms with Crippen molar-refractivity contribution in [2.24, 2.45) is 10.9 Å². The minimum absolute atomic E-state index is 0.183. The number of guanidine groups is 1. The van der Waals surface area contributed by atoms with Gasteiger partial charge in [0.1, 0.15) is 5.82 Å². The van der Waals surface area contributed by atoms with E-state index in [-0.39, 0.29) is 5.82 Å². The Hall–Kier alpha value is -2.96. The van der Waals surface area contributed by atoms with Crippen LogP contribution in [0.25, 0.3) is 5.65 Å². The van der Waals surface area contributed by atoms with Gasteiger partial charge in [-0.05, 0) is 48.6 Å². The molecule has 7 heteroatoms. The van der Waals surface area contributed by atoms with Gasteiger partial charge < -0.3 is 10.2 Å². The van der Waals surface area contributed by atoms with Crippen LogP contribution in [0.3, 0.4) is 0 Å². The topological polar surface area (TPSA) is 57.8 Å². The van der Waals surface area contributed by atoms with E-state index in [0.717, 1.165) is 43.4 Å². The number of pyridine rings is 1. The lowest BCUT2D eigenvalue weighted by Crippen LogP contribution is -2.40. The van der Waals surface area contributed by atoms with Crippen LogP contribution in [0.2, 0.25) is 0 Å². The van der Waals surface area contributed by atoms with Crippen LogP contribution in [0.15, 0.2) is 53.7 Å². The summed E-state index contributed by atoms with van der Waals surface area (Å²) in [5, 5.41) is 11.8. The molecule has 0 amide bonds. The highest BCUT2D eigenvalue weighted by Crippen LogP contribution is 2.21. The maximum atomic E-state index is 13.1. The van der Waals surface area contributed by atoms with Crippen LogP contribution < -0.4 is 5.32 Å². The summed E-state index contributed by atoms with van der Waals surface area (Å²) in [6.07, 6.45) is 4.03. The summed E-state index contributed by atoms with van der Waals surface area (Å²) in [6, 6.07) is 12.7. The Labute approximate surface area is 157 Å². The van der Waals surface area contributed by atoms with Crippen molar-refractivity contribution in [1.82, 2.24) is 24.8 Å². The molecule has 1 fully saturated rings. The van der Waals surface area contributed by atoms with Gasteiger partial charge in [0.2, 0.25) is 0 Å². The van der Waals surface area contributed by atoms with E-state index in [1.807, 2.05) is 40.9 Å². The first kappa shape index (κ1) is 17.5. The number of halogens is 1. The van der Waals surface area contributed by atoms with Crippen molar-refractivity contribution in [1.29, 1.82) is 0 Å². The van der Waals surface area contributed by atoms with Gasteiger partial charge in [0, 0.05) is 26.3 Å². The van der Waals surface area contributed by atoms with Gasteiger partial charge in [0.15, 0.2) is 17.4 Å². The van der Waals surface area contributed by atoms with Gasteiger partial charge >= 0.3 is 0 Å². The number of nitrogens with one attached hydrogen (secondary N) is 1. The highest BCUT2D eigenvalue weighted by molar-refractivity contribution is 5.80. The summed E-state index contributed by atoms with van der Waals surface area (Å²) in [4.78, 5) is 6.70. The fourth-order valence-corrected chi connectivity index (χ4v) is 3.65. The normalized spacial score (nSPS) is 17.6. The fourth-order valence-electron chi connectivity index (χ4n) is 3.65. The summed E-state index contributed by atoms with van der Waals surface area (Å²) in [5.41, 5.74) is 2.02. The Balaban J connectivity index is 1.35. The van der Waals surface area contributed by atoms with Gasteiger partial charge in [-0.2, -0.15) is 0 Å². The zero-order chi connectivity index (χ0) is 18.6. The number of aromatic nitrogens is 3. The molecule has 1 aromatic carbocycles. The van der Waals surface area contributed by atoms with E-state index in [4.69, 9.17) is 0 Å². The van der Waals surface area contributed by atoms with E-state index >= 15 is 0 Å². The van der Waals surface area contributed by atoms with Gasteiger partial charge in [-0.3, -0.25) is 9.39 Å². The van der Waals surface area contributed by atoms with Gasteiger partial charge in [-0.1, -0.05) is 18.2 Å². The summed E-state index contributed by atoms with van der Waals surface area (Å²) in [6.45, 7) is 2.47. The molecule has 0 radical (unpaired) electrons. The lowest BCUT2D eigenvalue weighted by atomic mass is 9.99. The molecule has 27 heavy (non-hydrogen) atoms. The lowest BCUT2D eigenvalue weighted by molar-refractivity contribution is 0.458. The highest BCUT2D eigenvalue weighted by Gasteiger charge is 2.25. The average molecular weight is 366 g/mol. The molecular weight excluding hydrogens is 343 g/mol. The molecule has 0 aliphatic carbocycles. The average Bonchev–Trinajstić information content (AvgIpc) is 3.32. The molecule has 2 aromatic heterocycles. The van der Waals surface area contributed by atoms with E-state index in [1.165, 1.54) is 17.7 Å². The molecule has 1 aliphatic heterocycles. The van der Waals surface area contributed by atoms with Crippen LogP contribution in [0.1, 0.15) is 17.8 Å². The molecule has 1 saturated heterocycles. The van der Waals surface area contributed by atoms with Crippen LogP contribution in [-0.2, 0) is 13.0 Å². The summed E-state index contributed by atoms with van der Waals surface area (Å²) in [7, 11) is 1.80. The molecule has 1 atom stereocenters. The molecule has 4 rings (SSSR count). The predicted octanol–water partition coefficient (Wildman–Crippen LogP) is 2.51. The number of rotatable bonds is 4. The molecule has 1 N–H and O–H groups in total. The lowest BCUT2D eigenvalue weighted by Gasteiger charge is -2.21. The van der Waals surface area contributed by atoms with Gasteiger partial charge in [-0.15, -0.1) is 10.2 Å². The molecule has 1 aliphatic rings. The number of nitrogens with zero attached hydrogens (tertiary/aromatic N) is 5. The number of hydrogen-bond acceptors (Lipinski definition) is 3. The SMILES string of the molecule is CN=C(NCc1nnc2ccccn12)N1CCC(Cc2ccc(F)cc2)C1. The standard InChI is InChI=1S/C20H23FN6/c1-22-20(23-13-19-25-24-18-4-2-3-10-27(18)19)26-11-9-16(14-26)12-15-5-7-17(21)8-6-15/h2-8,10,16H,9,11-14H2,1H3,(H,22,23). The Bertz CT molecular complexity index is 933. The van der Waals surface area contributed by atoms with E-state index in [0.29, 0.717) is 12.5 Å². The van der Waals surface area contributed by atoms with E-state index in [1.54, 1.807) is 7.05 Å². The molecule has 1 unspecified atom stereocenters. The monoisotopic (exact) mass is 366 g/mol. The number of likely N-dealkylation sites (tertiary alicyclic amines) is 1. The van der Waals surface area contributed by atoms with Crippen LogP contribution in [0.5, 0.6) is 0 Å². The minimum atomic E-state index is -0.183. The van der Waals surface area contributed by atoms with Gasteiger partial charge in [-0.25, -0.2) is 4.39 Å². The number of benzene rings is 1. The van der Waals surface area contributed by atoms with Crippen molar-refractivity contribution < 1.29 is 4.39 Å². The van der Waals surface area contributed by atoms with Crippen molar-refractivity contribution >= 4 is 11.6 Å². The molecule has 3 heterocycles. The fraction of sp³-hybridized carbons (Fsp3) is 0.350. The Morgan fingerprint density at radius 1 is 1.22 bits per heavy atom. The molecular formula is C20H23FN6. The van der Waals surface area contributed by atoms with E-state index in [2.05, 4.69) is 25.4 Å². The first-order valence-corrected chi connectivity index (χ1v) is 9.21. The molecule has 0 spiro atoms. The number of fused-ring (bicyclic) bond motifs is 1. The van der Waals surface area contributed by atoms with Crippen LogP contribution >= 0.6 is 0 Å². The molecule has 0 bridgehead atoms. The second-order valence-electron chi connectivity index (χ2n) is 6.88. The number of hydrogen-bond donors (Lipinski definition) is 1. The molecule has 140 valence electrons. The smallest absolute Gasteiger partial charge is 0.194 e. The Morgan fingerprint density at radius 3 is 2.89 bits per heavy atom. The maximum absolute atomic E-state index is 13.1. The Morgan fingerprint density at radius 2 is 2.07 bits per heavy atom. The summed E-state index contributed by atoms with van der Waals surface area (Å²) < 4.78 is 15.0. The highest BCUT2D eigenvalue weighted by atomic mass is 19.1. The largest absolute Gasteiger partial charge is 0.349 e. The minimum Gasteiger partial charge on any atom is -0.349 e. The van der Waals surface area contributed by atoms with Crippen molar-refractivity contribution in [3.8, 4) is 0 Å². The van der Waals surface area contributed by atoms with Crippen molar-refractivity contribution in [2.45, 2.75) is 19.4 Å². The second kappa shape index (κ2) is 7.73. The summed E-state index contributed by atoms with van der Waals surface area (Å²) >= 11 is 0. The predicted molar refractivity (Wildman–Crippen MR) is 103 cm³/mol. The van der Waals surface area contributed by atoms with Crippen molar-refractivity contribution in [3.63, 3.8) is 0 Å². The van der Waals surface area contributed by atoms with Gasteiger partial charge in [0.25, 0.3) is 0 Å². The van der Waals surface area contributed by atoms with Crippen LogP contribution in [0, 0.1) is 11.7 Å². The number of aliphatic imine (C=N–C) groups is 1. The molecule has 6 nitrogen and oxygen atoms in total. The quantitative estimate of drug-likeness (QED) is 0.569. The zero-order valence-corrected chi connectivity index (χ0v) is 15.3. The third kappa shape index (κ3) is 3.92. The first-order valence-electron chi connectivity index (χ1n) is 9.21. The Kier molecular flexibility index (Phi) is 5.00. The summed E-state index contributed by atoms with van der Waals surface area (Å²) in [5.74, 6) is 2.10. The van der Waals surface area contributed by atoms with Crippen LogP contribution in [0.4, 0.5) is 4.39 Å². The van der Waals surface area contributed by atoms with E-state index in [9.17, 15) is 4.39 Å². The maximum Gasteiger partial charge on any atom is 0.194 e. The molecule has 3 aromatic rings. The van der Waals surface area contributed by atoms with E-state index < -0.39 is 0 Å². The van der Waals surface area contributed by atoms with Crippen molar-refractivity contribution in [3.05, 3.63) is 65.9 Å². The second-order valence-corrected chi connectivity index (χ2v) is 6.88. The van der Waals surface area contributed by atoms with Gasteiger partial charge in [0.05, 0.1) is 6.54 Å². The third-order valence-electron chi connectivity index (χ3n) is 5.02.